The molecule has 4 heteroatoms. The molecule has 1 atom stereocenters. The van der Waals surface area contributed by atoms with Gasteiger partial charge in [0.05, 0.1) is 6.04 Å². The van der Waals surface area contributed by atoms with Crippen molar-refractivity contribution < 1.29 is 9.90 Å². The Balaban J connectivity index is 2.72. The minimum atomic E-state index is -0.201. The largest absolute Gasteiger partial charge is 0.396 e. The number of aliphatic hydroxyl groups excluding tert-OH is 1. The smallest absolute Gasteiger partial charge is 0.240 e. The summed E-state index contributed by atoms with van der Waals surface area (Å²) >= 11 is 0. The summed E-state index contributed by atoms with van der Waals surface area (Å²) in [5.74, 6) is 0.109. The van der Waals surface area contributed by atoms with E-state index in [0.29, 0.717) is 6.42 Å². The molecule has 1 heterocycles. The molecule has 0 radical (unpaired) electrons. The molecule has 0 aromatic carbocycles. The number of carbonyl (C=O) groups excluding carboxylic acids is 1. The SMILES string of the molecule is CCN1C(=O)C(CCO)NCC1(C)C. The maximum atomic E-state index is 11.9. The molecule has 1 unspecified atom stereocenters. The minimum absolute atomic E-state index is 0.0569. The van der Waals surface area contributed by atoms with Crippen LogP contribution in [0.4, 0.5) is 0 Å². The van der Waals surface area contributed by atoms with Crippen molar-refractivity contribution in [2.45, 2.75) is 38.8 Å². The van der Waals surface area contributed by atoms with Gasteiger partial charge in [-0.25, -0.2) is 0 Å². The van der Waals surface area contributed by atoms with Gasteiger partial charge in [0.25, 0.3) is 0 Å². The number of piperazine rings is 1. The number of nitrogens with zero attached hydrogens (tertiary/aromatic N) is 1. The Morgan fingerprint density at radius 2 is 2.29 bits per heavy atom. The molecule has 1 aliphatic rings. The molecule has 1 amide bonds. The van der Waals surface area contributed by atoms with Crippen molar-refractivity contribution in [1.29, 1.82) is 0 Å². The Bertz CT molecular complexity index is 216. The van der Waals surface area contributed by atoms with E-state index < -0.39 is 0 Å². The van der Waals surface area contributed by atoms with E-state index in [-0.39, 0.29) is 24.1 Å². The summed E-state index contributed by atoms with van der Waals surface area (Å²) in [5, 5.41) is 12.0. The lowest BCUT2D eigenvalue weighted by molar-refractivity contribution is -0.142. The molecule has 0 bridgehead atoms. The monoisotopic (exact) mass is 200 g/mol. The van der Waals surface area contributed by atoms with Gasteiger partial charge in [-0.3, -0.25) is 4.79 Å². The van der Waals surface area contributed by atoms with Gasteiger partial charge in [0.15, 0.2) is 0 Å². The lowest BCUT2D eigenvalue weighted by Gasteiger charge is -2.45. The zero-order chi connectivity index (χ0) is 10.8. The molecule has 0 aromatic rings. The minimum Gasteiger partial charge on any atom is -0.396 e. The summed E-state index contributed by atoms with van der Waals surface area (Å²) in [7, 11) is 0. The number of carbonyl (C=O) groups is 1. The second-order valence-electron chi connectivity index (χ2n) is 4.34. The predicted molar refractivity (Wildman–Crippen MR) is 55.0 cm³/mol. The van der Waals surface area contributed by atoms with Crippen LogP contribution in [0.1, 0.15) is 27.2 Å². The molecule has 1 fully saturated rings. The molecule has 1 rings (SSSR count). The zero-order valence-corrected chi connectivity index (χ0v) is 9.21. The summed E-state index contributed by atoms with van der Waals surface area (Å²) in [6, 6.07) is -0.201. The molecule has 4 nitrogen and oxygen atoms in total. The molecule has 2 N–H and O–H groups in total. The summed E-state index contributed by atoms with van der Waals surface area (Å²) in [4.78, 5) is 13.8. The molecule has 1 saturated heterocycles. The van der Waals surface area contributed by atoms with Crippen LogP contribution in [0.3, 0.4) is 0 Å². The number of amides is 1. The quantitative estimate of drug-likeness (QED) is 0.672. The highest BCUT2D eigenvalue weighted by atomic mass is 16.3. The van der Waals surface area contributed by atoms with Gasteiger partial charge < -0.3 is 15.3 Å². The second-order valence-corrected chi connectivity index (χ2v) is 4.34. The van der Waals surface area contributed by atoms with Gasteiger partial charge in [0, 0.05) is 25.2 Å². The second kappa shape index (κ2) is 4.28. The van der Waals surface area contributed by atoms with Crippen molar-refractivity contribution in [3.05, 3.63) is 0 Å². The fourth-order valence-corrected chi connectivity index (χ4v) is 1.98. The molecule has 1 aliphatic heterocycles. The van der Waals surface area contributed by atoms with E-state index in [4.69, 9.17) is 5.11 Å². The van der Waals surface area contributed by atoms with Gasteiger partial charge in [-0.2, -0.15) is 0 Å². The van der Waals surface area contributed by atoms with Gasteiger partial charge >= 0.3 is 0 Å². The first kappa shape index (κ1) is 11.5. The highest BCUT2D eigenvalue weighted by Crippen LogP contribution is 2.19. The van der Waals surface area contributed by atoms with E-state index in [9.17, 15) is 4.79 Å². The lowest BCUT2D eigenvalue weighted by atomic mass is 9.96. The Hall–Kier alpha value is -0.610. The molecular formula is C10H20N2O2. The highest BCUT2D eigenvalue weighted by molar-refractivity contribution is 5.83. The van der Waals surface area contributed by atoms with Crippen LogP contribution in [0.2, 0.25) is 0 Å². The number of nitrogens with one attached hydrogen (secondary N) is 1. The molecule has 82 valence electrons. The summed E-state index contributed by atoms with van der Waals surface area (Å²) in [5.41, 5.74) is -0.113. The van der Waals surface area contributed by atoms with Crippen LogP contribution >= 0.6 is 0 Å². The van der Waals surface area contributed by atoms with Gasteiger partial charge in [0.2, 0.25) is 5.91 Å². The maximum absolute atomic E-state index is 11.9. The van der Waals surface area contributed by atoms with Gasteiger partial charge in [-0.05, 0) is 27.2 Å². The van der Waals surface area contributed by atoms with E-state index in [1.54, 1.807) is 0 Å². The Morgan fingerprint density at radius 1 is 1.64 bits per heavy atom. The van der Waals surface area contributed by atoms with E-state index in [0.717, 1.165) is 13.1 Å². The van der Waals surface area contributed by atoms with Crippen molar-refractivity contribution in [2.24, 2.45) is 0 Å². The molecule has 0 saturated carbocycles. The Morgan fingerprint density at radius 3 is 2.79 bits per heavy atom. The van der Waals surface area contributed by atoms with Crippen LogP contribution in [0.15, 0.2) is 0 Å². The van der Waals surface area contributed by atoms with Crippen LogP contribution < -0.4 is 5.32 Å². The third-order valence-corrected chi connectivity index (χ3v) is 2.81. The lowest BCUT2D eigenvalue weighted by Crippen LogP contribution is -2.65. The third kappa shape index (κ3) is 2.07. The van der Waals surface area contributed by atoms with Crippen LogP contribution in [0.5, 0.6) is 0 Å². The van der Waals surface area contributed by atoms with Crippen LogP contribution in [-0.4, -0.2) is 47.2 Å². The third-order valence-electron chi connectivity index (χ3n) is 2.81. The molecule has 0 spiro atoms. The highest BCUT2D eigenvalue weighted by Gasteiger charge is 2.38. The van der Waals surface area contributed by atoms with E-state index >= 15 is 0 Å². The van der Waals surface area contributed by atoms with Gasteiger partial charge in [0.1, 0.15) is 0 Å². The number of likely N-dealkylation sites (N-methyl/N-ethyl adjacent to an activating group) is 1. The van der Waals surface area contributed by atoms with Gasteiger partial charge in [-0.15, -0.1) is 0 Å². The van der Waals surface area contributed by atoms with E-state index in [1.807, 2.05) is 11.8 Å². The number of hydrogen-bond donors (Lipinski definition) is 2. The number of aliphatic hydroxyl groups is 1. The van der Waals surface area contributed by atoms with Gasteiger partial charge in [-0.1, -0.05) is 0 Å². The topological polar surface area (TPSA) is 52.6 Å². The first-order chi connectivity index (χ1) is 6.53. The molecule has 0 aliphatic carbocycles. The van der Waals surface area contributed by atoms with Crippen LogP contribution in [0.25, 0.3) is 0 Å². The first-order valence-corrected chi connectivity index (χ1v) is 5.18. The zero-order valence-electron chi connectivity index (χ0n) is 9.21. The van der Waals surface area contributed by atoms with Crippen molar-refractivity contribution in [3.63, 3.8) is 0 Å². The first-order valence-electron chi connectivity index (χ1n) is 5.18. The fourth-order valence-electron chi connectivity index (χ4n) is 1.98. The van der Waals surface area contributed by atoms with Crippen molar-refractivity contribution in [1.82, 2.24) is 10.2 Å². The van der Waals surface area contributed by atoms with Crippen LogP contribution in [0, 0.1) is 0 Å². The summed E-state index contributed by atoms with van der Waals surface area (Å²) in [6.45, 7) is 7.67. The summed E-state index contributed by atoms with van der Waals surface area (Å²) < 4.78 is 0. The predicted octanol–water partition coefficient (Wildman–Crippen LogP) is -0.0323. The number of rotatable bonds is 3. The molecule has 0 aromatic heterocycles. The van der Waals surface area contributed by atoms with E-state index in [2.05, 4.69) is 19.2 Å². The average molecular weight is 200 g/mol. The van der Waals surface area contributed by atoms with Crippen LogP contribution in [-0.2, 0) is 4.79 Å². The molecule has 14 heavy (non-hydrogen) atoms. The fraction of sp³-hybridized carbons (Fsp3) is 0.900. The standard InChI is InChI=1S/C10H20N2O2/c1-4-12-9(14)8(5-6-13)11-7-10(12,2)3/h8,11,13H,4-7H2,1-3H3. The normalized spacial score (nSPS) is 26.7. The Labute approximate surface area is 85.3 Å². The van der Waals surface area contributed by atoms with Crippen molar-refractivity contribution >= 4 is 5.91 Å². The number of hydrogen-bond acceptors (Lipinski definition) is 3. The maximum Gasteiger partial charge on any atom is 0.240 e. The average Bonchev–Trinajstić information content (AvgIpc) is 2.11. The molecular weight excluding hydrogens is 180 g/mol. The summed E-state index contributed by atoms with van der Waals surface area (Å²) in [6.07, 6.45) is 0.505. The van der Waals surface area contributed by atoms with Crippen molar-refractivity contribution in [2.75, 3.05) is 19.7 Å². The Kier molecular flexibility index (Phi) is 3.50. The van der Waals surface area contributed by atoms with Crippen molar-refractivity contribution in [3.8, 4) is 0 Å². The van der Waals surface area contributed by atoms with E-state index in [1.165, 1.54) is 0 Å².